The van der Waals surface area contributed by atoms with Gasteiger partial charge in [-0.1, -0.05) is 24.3 Å². The lowest BCUT2D eigenvalue weighted by atomic mass is 10.2. The highest BCUT2D eigenvalue weighted by Crippen LogP contribution is 2.10. The van der Waals surface area contributed by atoms with E-state index in [2.05, 4.69) is 0 Å². The summed E-state index contributed by atoms with van der Waals surface area (Å²) in [7, 11) is -3.81. The maximum Gasteiger partial charge on any atom is 0.265 e. The van der Waals surface area contributed by atoms with Gasteiger partial charge in [0, 0.05) is 5.92 Å². The molecule has 0 amide bonds. The molecule has 0 unspecified atom stereocenters. The van der Waals surface area contributed by atoms with Crippen LogP contribution in [0.4, 0.5) is 0 Å². The Balaban J connectivity index is 2.56. The molecule has 0 aromatic heterocycles. The predicted molar refractivity (Wildman–Crippen MR) is 38.2 cm³/mol. The lowest BCUT2D eigenvalue weighted by Gasteiger charge is -1.99. The highest BCUT2D eigenvalue weighted by atomic mass is 32.2. The van der Waals surface area contributed by atoms with Gasteiger partial charge in [0.1, 0.15) is 0 Å². The van der Waals surface area contributed by atoms with Crippen LogP contribution in [-0.2, 0) is 10.1 Å². The maximum absolute atomic E-state index is 10.3. The Labute approximate surface area is 59.8 Å². The molecule has 0 saturated heterocycles. The minimum atomic E-state index is -3.81. The Morgan fingerprint density at radius 3 is 2.20 bits per heavy atom. The zero-order chi connectivity index (χ0) is 7.61. The first kappa shape index (κ1) is 7.50. The van der Waals surface area contributed by atoms with Crippen molar-refractivity contribution in [3.8, 4) is 0 Å². The van der Waals surface area contributed by atoms with Gasteiger partial charge in [0.05, 0.1) is 5.75 Å². The Hall–Kier alpha value is -0.610. The fraction of sp³-hybridized carbons (Fsp3) is 0.333. The maximum atomic E-state index is 10.3. The van der Waals surface area contributed by atoms with Crippen LogP contribution in [0.15, 0.2) is 24.3 Å². The van der Waals surface area contributed by atoms with Gasteiger partial charge in [0.15, 0.2) is 0 Å². The van der Waals surface area contributed by atoms with Gasteiger partial charge in [0.2, 0.25) is 0 Å². The molecule has 1 aliphatic carbocycles. The van der Waals surface area contributed by atoms with Crippen molar-refractivity contribution in [2.45, 2.75) is 0 Å². The number of allylic oxidation sites excluding steroid dienone is 4. The summed E-state index contributed by atoms with van der Waals surface area (Å²) in [6.07, 6.45) is 6.98. The van der Waals surface area contributed by atoms with Crippen LogP contribution in [0.25, 0.3) is 0 Å². The van der Waals surface area contributed by atoms with Crippen molar-refractivity contribution in [1.82, 2.24) is 0 Å². The molecule has 10 heavy (non-hydrogen) atoms. The molecule has 0 atom stereocenters. The van der Waals surface area contributed by atoms with Gasteiger partial charge in [-0.05, 0) is 0 Å². The Bertz CT molecular complexity index is 249. The number of hydrogen-bond acceptors (Lipinski definition) is 2. The van der Waals surface area contributed by atoms with Crippen LogP contribution < -0.4 is 0 Å². The molecule has 3 nitrogen and oxygen atoms in total. The second-order valence-corrected chi connectivity index (χ2v) is 3.68. The van der Waals surface area contributed by atoms with E-state index in [0.29, 0.717) is 0 Å². The molecule has 4 heteroatoms. The van der Waals surface area contributed by atoms with E-state index in [-0.39, 0.29) is 11.7 Å². The van der Waals surface area contributed by atoms with Crippen molar-refractivity contribution in [1.29, 1.82) is 0 Å². The van der Waals surface area contributed by atoms with Gasteiger partial charge in [-0.25, -0.2) is 0 Å². The largest absolute Gasteiger partial charge is 0.286 e. The third-order valence-corrected chi connectivity index (χ3v) is 2.04. The van der Waals surface area contributed by atoms with Crippen LogP contribution in [0, 0.1) is 5.92 Å². The summed E-state index contributed by atoms with van der Waals surface area (Å²) in [6, 6.07) is 0. The van der Waals surface area contributed by atoms with E-state index in [1.54, 1.807) is 24.3 Å². The van der Waals surface area contributed by atoms with Gasteiger partial charge >= 0.3 is 0 Å². The molecular weight excluding hydrogens is 152 g/mol. The second-order valence-electron chi connectivity index (χ2n) is 2.18. The van der Waals surface area contributed by atoms with Crippen molar-refractivity contribution in [3.05, 3.63) is 24.3 Å². The first-order valence-corrected chi connectivity index (χ1v) is 4.49. The van der Waals surface area contributed by atoms with Crippen LogP contribution in [0.5, 0.6) is 0 Å². The molecule has 0 bridgehead atoms. The fourth-order valence-corrected chi connectivity index (χ4v) is 1.54. The van der Waals surface area contributed by atoms with E-state index >= 15 is 0 Å². The number of hydrogen-bond donors (Lipinski definition) is 1. The summed E-state index contributed by atoms with van der Waals surface area (Å²) in [5, 5.41) is 0. The van der Waals surface area contributed by atoms with Crippen LogP contribution in [0.2, 0.25) is 0 Å². The second kappa shape index (κ2) is 2.56. The van der Waals surface area contributed by atoms with Gasteiger partial charge in [-0.2, -0.15) is 8.42 Å². The smallest absolute Gasteiger partial charge is 0.265 e. The molecule has 0 saturated carbocycles. The first-order chi connectivity index (χ1) is 4.58. The summed E-state index contributed by atoms with van der Waals surface area (Å²) < 4.78 is 28.9. The monoisotopic (exact) mass is 160 g/mol. The van der Waals surface area contributed by atoms with Crippen molar-refractivity contribution in [2.24, 2.45) is 5.92 Å². The average molecular weight is 160 g/mol. The quantitative estimate of drug-likeness (QED) is 0.602. The molecule has 0 heterocycles. The summed E-state index contributed by atoms with van der Waals surface area (Å²) in [5.74, 6) is -0.352. The van der Waals surface area contributed by atoms with Crippen LogP contribution in [0.3, 0.4) is 0 Å². The van der Waals surface area contributed by atoms with Crippen LogP contribution >= 0.6 is 0 Å². The first-order valence-electron chi connectivity index (χ1n) is 2.88. The molecule has 0 radical (unpaired) electrons. The molecule has 56 valence electrons. The van der Waals surface area contributed by atoms with E-state index in [1.165, 1.54) is 0 Å². The Kier molecular flexibility index (Phi) is 1.92. The van der Waals surface area contributed by atoms with Crippen molar-refractivity contribution < 1.29 is 13.0 Å². The molecule has 0 spiro atoms. The van der Waals surface area contributed by atoms with E-state index < -0.39 is 10.1 Å². The van der Waals surface area contributed by atoms with E-state index in [0.717, 1.165) is 0 Å². The Morgan fingerprint density at radius 2 is 1.80 bits per heavy atom. The molecule has 1 aliphatic rings. The van der Waals surface area contributed by atoms with Gasteiger partial charge in [-0.15, -0.1) is 0 Å². The molecule has 0 aliphatic heterocycles. The van der Waals surface area contributed by atoms with Crippen LogP contribution in [0.1, 0.15) is 0 Å². The van der Waals surface area contributed by atoms with Crippen molar-refractivity contribution in [3.63, 3.8) is 0 Å². The molecule has 0 aromatic rings. The molecule has 1 rings (SSSR count). The van der Waals surface area contributed by atoms with Crippen molar-refractivity contribution in [2.75, 3.05) is 5.75 Å². The highest BCUT2D eigenvalue weighted by molar-refractivity contribution is 7.85. The molecule has 1 N–H and O–H groups in total. The van der Waals surface area contributed by atoms with E-state index in [9.17, 15) is 8.42 Å². The topological polar surface area (TPSA) is 54.4 Å². The third-order valence-electron chi connectivity index (χ3n) is 1.23. The highest BCUT2D eigenvalue weighted by Gasteiger charge is 2.12. The van der Waals surface area contributed by atoms with Gasteiger partial charge in [0.25, 0.3) is 10.1 Å². The lowest BCUT2D eigenvalue weighted by molar-refractivity contribution is 0.479. The summed E-state index contributed by atoms with van der Waals surface area (Å²) >= 11 is 0. The standard InChI is InChI=1S/C6H8O3S/c7-10(8,9)5-6-3-1-2-4-6/h1-4,6H,5H2,(H,7,8,9). The van der Waals surface area contributed by atoms with Crippen LogP contribution in [-0.4, -0.2) is 18.7 Å². The average Bonchev–Trinajstić information content (AvgIpc) is 2.12. The minimum absolute atomic E-state index is 0.144. The Morgan fingerprint density at radius 1 is 1.30 bits per heavy atom. The lowest BCUT2D eigenvalue weighted by Crippen LogP contribution is -2.10. The number of rotatable bonds is 2. The predicted octanol–water partition coefficient (Wildman–Crippen LogP) is 0.616. The summed E-state index contributed by atoms with van der Waals surface area (Å²) in [5.41, 5.74) is 0. The molecular formula is C6H8O3S. The minimum Gasteiger partial charge on any atom is -0.286 e. The van der Waals surface area contributed by atoms with E-state index in [4.69, 9.17) is 4.55 Å². The third kappa shape index (κ3) is 2.33. The van der Waals surface area contributed by atoms with Gasteiger partial charge in [-0.3, -0.25) is 4.55 Å². The SMILES string of the molecule is O=S(=O)(O)CC1C=CC=C1. The fourth-order valence-electron chi connectivity index (χ4n) is 0.832. The molecule has 0 fully saturated rings. The zero-order valence-corrected chi connectivity index (χ0v) is 6.08. The summed E-state index contributed by atoms with van der Waals surface area (Å²) in [6.45, 7) is 0. The summed E-state index contributed by atoms with van der Waals surface area (Å²) in [4.78, 5) is 0. The normalized spacial score (nSPS) is 18.5. The van der Waals surface area contributed by atoms with Crippen molar-refractivity contribution >= 4 is 10.1 Å². The zero-order valence-electron chi connectivity index (χ0n) is 5.27. The molecule has 0 aromatic carbocycles. The van der Waals surface area contributed by atoms with E-state index in [1.807, 2.05) is 0 Å². The van der Waals surface area contributed by atoms with Gasteiger partial charge < -0.3 is 0 Å².